The molecule has 0 aliphatic carbocycles. The number of hydrogen-bond donors (Lipinski definition) is 2. The molecule has 0 unspecified atom stereocenters. The molecule has 0 atom stereocenters. The van der Waals surface area contributed by atoms with E-state index >= 15 is 0 Å². The number of aryl methyl sites for hydroxylation is 1. The van der Waals surface area contributed by atoms with Crippen molar-refractivity contribution < 1.29 is 14.3 Å². The van der Waals surface area contributed by atoms with Gasteiger partial charge in [0.05, 0.1) is 12.8 Å². The summed E-state index contributed by atoms with van der Waals surface area (Å²) in [5, 5.41) is 11.7. The molecule has 0 saturated carbocycles. The molecule has 0 saturated heterocycles. The van der Waals surface area contributed by atoms with Gasteiger partial charge < -0.3 is 19.2 Å². The van der Waals surface area contributed by atoms with E-state index in [-0.39, 0.29) is 11.3 Å². The van der Waals surface area contributed by atoms with Gasteiger partial charge in [0.2, 0.25) is 0 Å². The van der Waals surface area contributed by atoms with E-state index in [4.69, 9.17) is 20.8 Å². The number of hydrogen-bond acceptors (Lipinski definition) is 4. The molecule has 0 fully saturated rings. The van der Waals surface area contributed by atoms with Gasteiger partial charge in [-0.25, -0.2) is 4.79 Å². The van der Waals surface area contributed by atoms with Crippen LogP contribution in [-0.4, -0.2) is 17.2 Å². The van der Waals surface area contributed by atoms with E-state index in [2.05, 4.69) is 4.98 Å². The minimum Gasteiger partial charge on any atom is -0.507 e. The number of methoxy groups -OCH3 is 1. The first-order valence-electron chi connectivity index (χ1n) is 8.27. The molecule has 4 aromatic rings. The second-order valence-electron chi connectivity index (χ2n) is 6.20. The zero-order chi connectivity index (χ0) is 19.1. The molecule has 0 radical (unpaired) electrons. The lowest BCUT2D eigenvalue weighted by atomic mass is 9.99. The number of fused-ring (bicyclic) bond motifs is 1. The maximum atomic E-state index is 12.6. The lowest BCUT2D eigenvalue weighted by molar-refractivity contribution is 0.415. The summed E-state index contributed by atoms with van der Waals surface area (Å²) in [7, 11) is 1.60. The molecule has 27 heavy (non-hydrogen) atoms. The highest BCUT2D eigenvalue weighted by atomic mass is 35.5. The number of ether oxygens (including phenoxy) is 1. The first-order chi connectivity index (χ1) is 13.0. The van der Waals surface area contributed by atoms with Crippen LogP contribution in [0.15, 0.2) is 57.7 Å². The predicted octanol–water partition coefficient (Wildman–Crippen LogP) is 5.13. The van der Waals surface area contributed by atoms with Gasteiger partial charge in [-0.2, -0.15) is 0 Å². The molecule has 0 bridgehead atoms. The van der Waals surface area contributed by atoms with Gasteiger partial charge in [0.15, 0.2) is 0 Å². The minimum absolute atomic E-state index is 0.0972. The van der Waals surface area contributed by atoms with Crippen molar-refractivity contribution in [2.24, 2.45) is 0 Å². The smallest absolute Gasteiger partial charge is 0.347 e. The normalized spacial score (nSPS) is 11.1. The van der Waals surface area contributed by atoms with Crippen LogP contribution in [0.25, 0.3) is 33.3 Å². The molecule has 136 valence electrons. The Kier molecular flexibility index (Phi) is 4.16. The van der Waals surface area contributed by atoms with Gasteiger partial charge in [-0.1, -0.05) is 11.6 Å². The first kappa shape index (κ1) is 17.2. The van der Waals surface area contributed by atoms with E-state index in [1.807, 2.05) is 30.3 Å². The van der Waals surface area contributed by atoms with Gasteiger partial charge in [0, 0.05) is 27.6 Å². The van der Waals surface area contributed by atoms with E-state index < -0.39 is 5.63 Å². The minimum atomic E-state index is -0.608. The summed E-state index contributed by atoms with van der Waals surface area (Å²) in [5.74, 6) is 0.918. The Morgan fingerprint density at radius 3 is 2.48 bits per heavy atom. The highest BCUT2D eigenvalue weighted by Gasteiger charge is 2.22. The van der Waals surface area contributed by atoms with E-state index in [0.717, 1.165) is 22.2 Å². The highest BCUT2D eigenvalue weighted by Crippen LogP contribution is 2.41. The second-order valence-corrected chi connectivity index (χ2v) is 6.63. The van der Waals surface area contributed by atoms with Gasteiger partial charge in [-0.3, -0.25) is 0 Å². The van der Waals surface area contributed by atoms with Gasteiger partial charge in [0.25, 0.3) is 0 Å². The van der Waals surface area contributed by atoms with Gasteiger partial charge in [-0.15, -0.1) is 0 Å². The number of benzene rings is 2. The summed E-state index contributed by atoms with van der Waals surface area (Å²) in [4.78, 5) is 15.9. The van der Waals surface area contributed by atoms with Crippen LogP contribution in [0.4, 0.5) is 0 Å². The fraction of sp³-hybridized carbons (Fsp3) is 0.0952. The summed E-state index contributed by atoms with van der Waals surface area (Å²) in [5.41, 5.74) is 2.34. The summed E-state index contributed by atoms with van der Waals surface area (Å²) in [6, 6.07) is 14.2. The third-order valence-electron chi connectivity index (χ3n) is 4.44. The Bertz CT molecular complexity index is 1210. The standard InChI is InChI=1S/C21H16ClNO4/c1-11-9-17(24)19(21(25)27-11)18-15-10-13(22)5-8-16(15)23-20(18)12-3-6-14(26-2)7-4-12/h3-10,23-24H,1-2H3. The van der Waals surface area contributed by atoms with Crippen molar-refractivity contribution in [1.82, 2.24) is 4.98 Å². The van der Waals surface area contributed by atoms with Crippen LogP contribution in [-0.2, 0) is 0 Å². The second kappa shape index (κ2) is 6.52. The largest absolute Gasteiger partial charge is 0.507 e. The van der Waals surface area contributed by atoms with Crippen LogP contribution < -0.4 is 10.4 Å². The third-order valence-corrected chi connectivity index (χ3v) is 4.68. The molecule has 0 spiro atoms. The SMILES string of the molecule is COc1ccc(-c2[nH]c3ccc(Cl)cc3c2-c2c(O)cc(C)oc2=O)cc1. The summed E-state index contributed by atoms with van der Waals surface area (Å²) in [6.45, 7) is 1.61. The molecule has 0 aliphatic heterocycles. The first-order valence-corrected chi connectivity index (χ1v) is 8.65. The maximum absolute atomic E-state index is 12.6. The molecule has 6 heteroatoms. The van der Waals surface area contributed by atoms with Crippen LogP contribution in [0.2, 0.25) is 5.02 Å². The van der Waals surface area contributed by atoms with Gasteiger partial charge in [-0.05, 0) is 55.0 Å². The number of rotatable bonds is 3. The van der Waals surface area contributed by atoms with Crippen LogP contribution in [0.3, 0.4) is 0 Å². The highest BCUT2D eigenvalue weighted by molar-refractivity contribution is 6.31. The number of H-pyrrole nitrogens is 1. The Balaban J connectivity index is 2.08. The van der Waals surface area contributed by atoms with Gasteiger partial charge in [0.1, 0.15) is 22.8 Å². The molecule has 2 aromatic heterocycles. The molecule has 0 aliphatic rings. The molecular formula is C21H16ClNO4. The quantitative estimate of drug-likeness (QED) is 0.515. The van der Waals surface area contributed by atoms with Crippen molar-refractivity contribution in [3.8, 4) is 33.9 Å². The van der Waals surface area contributed by atoms with Crippen LogP contribution in [0.5, 0.6) is 11.5 Å². The van der Waals surface area contributed by atoms with E-state index in [1.165, 1.54) is 6.07 Å². The number of aromatic nitrogens is 1. The molecular weight excluding hydrogens is 366 g/mol. The molecule has 5 nitrogen and oxygen atoms in total. The molecule has 4 rings (SSSR count). The summed E-state index contributed by atoms with van der Waals surface area (Å²) < 4.78 is 10.5. The number of halogens is 1. The van der Waals surface area contributed by atoms with Crippen molar-refractivity contribution in [2.45, 2.75) is 6.92 Å². The van der Waals surface area contributed by atoms with Crippen molar-refractivity contribution in [3.63, 3.8) is 0 Å². The zero-order valence-corrected chi connectivity index (χ0v) is 15.4. The topological polar surface area (TPSA) is 75.5 Å². The van der Waals surface area contributed by atoms with Crippen molar-refractivity contribution in [3.05, 3.63) is 69.7 Å². The van der Waals surface area contributed by atoms with Crippen LogP contribution in [0.1, 0.15) is 5.76 Å². The average molecular weight is 382 g/mol. The fourth-order valence-electron chi connectivity index (χ4n) is 3.22. The van der Waals surface area contributed by atoms with Gasteiger partial charge >= 0.3 is 5.63 Å². The van der Waals surface area contributed by atoms with Crippen molar-refractivity contribution >= 4 is 22.5 Å². The third kappa shape index (κ3) is 2.96. The lowest BCUT2D eigenvalue weighted by Gasteiger charge is -2.08. The Morgan fingerprint density at radius 1 is 1.07 bits per heavy atom. The van der Waals surface area contributed by atoms with Crippen LogP contribution >= 0.6 is 11.6 Å². The predicted molar refractivity (Wildman–Crippen MR) is 106 cm³/mol. The van der Waals surface area contributed by atoms with Crippen molar-refractivity contribution in [1.29, 1.82) is 0 Å². The van der Waals surface area contributed by atoms with Crippen LogP contribution in [0, 0.1) is 6.92 Å². The van der Waals surface area contributed by atoms with E-state index in [9.17, 15) is 9.90 Å². The number of aromatic hydroxyl groups is 1. The Labute approximate surface area is 159 Å². The molecule has 2 heterocycles. The zero-order valence-electron chi connectivity index (χ0n) is 14.7. The fourth-order valence-corrected chi connectivity index (χ4v) is 3.40. The number of nitrogens with one attached hydrogen (secondary N) is 1. The Hall–Kier alpha value is -3.18. The van der Waals surface area contributed by atoms with E-state index in [0.29, 0.717) is 22.0 Å². The molecule has 2 N–H and O–H groups in total. The lowest BCUT2D eigenvalue weighted by Crippen LogP contribution is -2.04. The monoisotopic (exact) mass is 381 g/mol. The van der Waals surface area contributed by atoms with Crippen molar-refractivity contribution in [2.75, 3.05) is 7.11 Å². The van der Waals surface area contributed by atoms with E-state index in [1.54, 1.807) is 26.2 Å². The average Bonchev–Trinajstić information content (AvgIpc) is 2.99. The Morgan fingerprint density at radius 2 is 1.81 bits per heavy atom. The summed E-state index contributed by atoms with van der Waals surface area (Å²) in [6.07, 6.45) is 0. The molecule has 2 aromatic carbocycles. The maximum Gasteiger partial charge on any atom is 0.347 e. The molecule has 0 amide bonds. The summed E-state index contributed by atoms with van der Waals surface area (Å²) >= 11 is 6.18. The number of aromatic amines is 1.